The maximum absolute atomic E-state index is 12.0. The second-order valence-corrected chi connectivity index (χ2v) is 6.03. The Morgan fingerprint density at radius 3 is 2.65 bits per heavy atom. The highest BCUT2D eigenvalue weighted by atomic mass is 16.6. The fourth-order valence-electron chi connectivity index (χ4n) is 2.21. The van der Waals surface area contributed by atoms with Gasteiger partial charge < -0.3 is 14.8 Å². The van der Waals surface area contributed by atoms with Crippen LogP contribution in [0.25, 0.3) is 0 Å². The number of hydrogen-bond acceptors (Lipinski definition) is 4. The summed E-state index contributed by atoms with van der Waals surface area (Å²) in [6.07, 6.45) is 0.690. The minimum atomic E-state index is -0.250. The topological polar surface area (TPSA) is 47.6 Å². The van der Waals surface area contributed by atoms with Crippen molar-refractivity contribution in [2.45, 2.75) is 45.4 Å². The van der Waals surface area contributed by atoms with E-state index in [1.54, 1.807) is 0 Å². The Hall–Kier alpha value is -1.39. The Bertz CT molecular complexity index is 465. The average Bonchev–Trinajstić information content (AvgIpc) is 2.42. The van der Waals surface area contributed by atoms with Gasteiger partial charge in [0, 0.05) is 6.54 Å². The Morgan fingerprint density at radius 1 is 1.25 bits per heavy atom. The predicted molar refractivity (Wildman–Crippen MR) is 77.4 cm³/mol. The van der Waals surface area contributed by atoms with Crippen molar-refractivity contribution < 1.29 is 14.3 Å². The van der Waals surface area contributed by atoms with Gasteiger partial charge in [0.1, 0.15) is 12.6 Å². The van der Waals surface area contributed by atoms with Gasteiger partial charge in [-0.05, 0) is 38.3 Å². The first kappa shape index (κ1) is 15.0. The van der Waals surface area contributed by atoms with Gasteiger partial charge in [-0.15, -0.1) is 0 Å². The SMILES string of the molecule is CC(C)(C)OCCOC(=O)[C@@H]1Cc2ccccc2CN1. The summed E-state index contributed by atoms with van der Waals surface area (Å²) in [6.45, 7) is 7.39. The molecule has 1 aliphatic rings. The molecule has 110 valence electrons. The summed E-state index contributed by atoms with van der Waals surface area (Å²) in [5.74, 6) is -0.197. The lowest BCUT2D eigenvalue weighted by molar-refractivity contribution is -0.149. The van der Waals surface area contributed by atoms with Crippen molar-refractivity contribution in [2.75, 3.05) is 13.2 Å². The van der Waals surface area contributed by atoms with Gasteiger partial charge in [-0.25, -0.2) is 0 Å². The molecule has 20 heavy (non-hydrogen) atoms. The van der Waals surface area contributed by atoms with Crippen molar-refractivity contribution in [3.8, 4) is 0 Å². The van der Waals surface area contributed by atoms with E-state index >= 15 is 0 Å². The highest BCUT2D eigenvalue weighted by Crippen LogP contribution is 2.16. The Morgan fingerprint density at radius 2 is 1.95 bits per heavy atom. The summed E-state index contributed by atoms with van der Waals surface area (Å²) in [7, 11) is 0. The molecule has 0 fully saturated rings. The Kier molecular flexibility index (Phi) is 4.78. The maximum Gasteiger partial charge on any atom is 0.323 e. The van der Waals surface area contributed by atoms with Gasteiger partial charge in [0.05, 0.1) is 12.2 Å². The summed E-state index contributed by atoms with van der Waals surface area (Å²) < 4.78 is 10.8. The zero-order chi connectivity index (χ0) is 14.6. The zero-order valence-corrected chi connectivity index (χ0v) is 12.4. The molecule has 1 aromatic rings. The number of rotatable bonds is 4. The van der Waals surface area contributed by atoms with Crippen LogP contribution in [0.3, 0.4) is 0 Å². The first-order chi connectivity index (χ1) is 9.46. The second kappa shape index (κ2) is 6.37. The van der Waals surface area contributed by atoms with Crippen molar-refractivity contribution >= 4 is 5.97 Å². The summed E-state index contributed by atoms with van der Waals surface area (Å²) in [4.78, 5) is 12.0. The standard InChI is InChI=1S/C16H23NO3/c1-16(2,3)20-9-8-19-15(18)14-10-12-6-4-5-7-13(12)11-17-14/h4-7,14,17H,8-11H2,1-3H3/t14-/m0/s1. The van der Waals surface area contributed by atoms with Crippen LogP contribution in [0, 0.1) is 0 Å². The highest BCUT2D eigenvalue weighted by Gasteiger charge is 2.25. The molecule has 0 radical (unpaired) electrons. The van der Waals surface area contributed by atoms with Gasteiger partial charge in [0.25, 0.3) is 0 Å². The third kappa shape index (κ3) is 4.32. The van der Waals surface area contributed by atoms with Gasteiger partial charge in [0.15, 0.2) is 0 Å². The van der Waals surface area contributed by atoms with Crippen LogP contribution in [-0.2, 0) is 27.2 Å². The molecule has 0 saturated heterocycles. The van der Waals surface area contributed by atoms with Gasteiger partial charge >= 0.3 is 5.97 Å². The third-order valence-electron chi connectivity index (χ3n) is 3.23. The lowest BCUT2D eigenvalue weighted by Gasteiger charge is -2.25. The maximum atomic E-state index is 12.0. The number of hydrogen-bond donors (Lipinski definition) is 1. The second-order valence-electron chi connectivity index (χ2n) is 6.03. The summed E-state index contributed by atoms with van der Waals surface area (Å²) in [5.41, 5.74) is 2.28. The molecule has 4 nitrogen and oxygen atoms in total. The average molecular weight is 277 g/mol. The Balaban J connectivity index is 1.77. The first-order valence-corrected chi connectivity index (χ1v) is 7.06. The van der Waals surface area contributed by atoms with Gasteiger partial charge in [-0.2, -0.15) is 0 Å². The number of carbonyl (C=O) groups is 1. The number of esters is 1. The minimum Gasteiger partial charge on any atom is -0.462 e. The Labute approximate surface area is 120 Å². The van der Waals surface area contributed by atoms with Crippen molar-refractivity contribution in [3.05, 3.63) is 35.4 Å². The van der Waals surface area contributed by atoms with E-state index in [1.807, 2.05) is 32.9 Å². The quantitative estimate of drug-likeness (QED) is 0.676. The van der Waals surface area contributed by atoms with Crippen molar-refractivity contribution in [1.82, 2.24) is 5.32 Å². The van der Waals surface area contributed by atoms with Gasteiger partial charge in [-0.3, -0.25) is 4.79 Å². The molecule has 1 heterocycles. The lowest BCUT2D eigenvalue weighted by Crippen LogP contribution is -2.43. The van der Waals surface area contributed by atoms with Gasteiger partial charge in [-0.1, -0.05) is 24.3 Å². The normalized spacial score (nSPS) is 18.4. The number of benzene rings is 1. The van der Waals surface area contributed by atoms with E-state index in [-0.39, 0.29) is 17.6 Å². The molecular weight excluding hydrogens is 254 g/mol. The minimum absolute atomic E-state index is 0.197. The molecule has 0 unspecified atom stereocenters. The van der Waals surface area contributed by atoms with E-state index in [0.29, 0.717) is 26.2 Å². The molecule has 1 N–H and O–H groups in total. The summed E-state index contributed by atoms with van der Waals surface area (Å²) in [5, 5.41) is 3.22. The van der Waals surface area contributed by atoms with E-state index in [2.05, 4.69) is 17.4 Å². The molecule has 0 aromatic heterocycles. The monoisotopic (exact) mass is 277 g/mol. The lowest BCUT2D eigenvalue weighted by atomic mass is 9.96. The third-order valence-corrected chi connectivity index (χ3v) is 3.23. The molecule has 0 bridgehead atoms. The van der Waals surface area contributed by atoms with Crippen LogP contribution >= 0.6 is 0 Å². The summed E-state index contributed by atoms with van der Waals surface area (Å²) in [6, 6.07) is 7.92. The van der Waals surface area contributed by atoms with E-state index in [1.165, 1.54) is 11.1 Å². The van der Waals surface area contributed by atoms with Crippen molar-refractivity contribution in [2.24, 2.45) is 0 Å². The molecule has 1 aromatic carbocycles. The smallest absolute Gasteiger partial charge is 0.323 e. The first-order valence-electron chi connectivity index (χ1n) is 7.06. The molecular formula is C16H23NO3. The van der Waals surface area contributed by atoms with E-state index < -0.39 is 0 Å². The number of nitrogens with one attached hydrogen (secondary N) is 1. The van der Waals surface area contributed by atoms with E-state index in [0.717, 1.165) is 0 Å². The molecule has 0 spiro atoms. The largest absolute Gasteiger partial charge is 0.462 e. The van der Waals surface area contributed by atoms with Crippen molar-refractivity contribution in [1.29, 1.82) is 0 Å². The molecule has 2 rings (SSSR count). The fraction of sp³-hybridized carbons (Fsp3) is 0.562. The number of fused-ring (bicyclic) bond motifs is 1. The van der Waals surface area contributed by atoms with Crippen LogP contribution < -0.4 is 5.32 Å². The summed E-state index contributed by atoms with van der Waals surface area (Å²) >= 11 is 0. The van der Waals surface area contributed by atoms with Crippen LogP contribution in [0.2, 0.25) is 0 Å². The van der Waals surface area contributed by atoms with Crippen LogP contribution in [-0.4, -0.2) is 30.8 Å². The van der Waals surface area contributed by atoms with Crippen LogP contribution in [0.15, 0.2) is 24.3 Å². The van der Waals surface area contributed by atoms with E-state index in [9.17, 15) is 4.79 Å². The number of ether oxygens (including phenoxy) is 2. The van der Waals surface area contributed by atoms with Crippen molar-refractivity contribution in [3.63, 3.8) is 0 Å². The molecule has 1 atom stereocenters. The fourth-order valence-corrected chi connectivity index (χ4v) is 2.21. The highest BCUT2D eigenvalue weighted by molar-refractivity contribution is 5.76. The molecule has 4 heteroatoms. The van der Waals surface area contributed by atoms with Crippen LogP contribution in [0.5, 0.6) is 0 Å². The van der Waals surface area contributed by atoms with Crippen LogP contribution in [0.4, 0.5) is 0 Å². The predicted octanol–water partition coefficient (Wildman–Crippen LogP) is 2.06. The van der Waals surface area contributed by atoms with Gasteiger partial charge in [0.2, 0.25) is 0 Å². The van der Waals surface area contributed by atoms with E-state index in [4.69, 9.17) is 9.47 Å². The number of carbonyl (C=O) groups excluding carboxylic acids is 1. The molecule has 1 aliphatic heterocycles. The van der Waals surface area contributed by atoms with Crippen LogP contribution in [0.1, 0.15) is 31.9 Å². The molecule has 0 saturated carbocycles. The zero-order valence-electron chi connectivity index (χ0n) is 12.4. The molecule has 0 aliphatic carbocycles. The molecule has 0 amide bonds.